The zero-order valence-electron chi connectivity index (χ0n) is 6.65. The molecule has 0 amide bonds. The largest absolute Gasteiger partial charge is 0.245 e. The first kappa shape index (κ1) is 10.0. The summed E-state index contributed by atoms with van der Waals surface area (Å²) in [5, 5.41) is 7.75. The summed E-state index contributed by atoms with van der Waals surface area (Å²) in [4.78, 5) is 3.93. The summed E-state index contributed by atoms with van der Waals surface area (Å²) < 4.78 is 14.6. The van der Waals surface area contributed by atoms with Crippen LogP contribution in [0.2, 0.25) is 0 Å². The number of pyridine rings is 1. The fraction of sp³-hybridized carbons (Fsp3) is 0. The van der Waals surface area contributed by atoms with E-state index in [1.165, 1.54) is 29.2 Å². The minimum atomic E-state index is -0.362. The van der Waals surface area contributed by atoms with Crippen molar-refractivity contribution in [2.24, 2.45) is 0 Å². The van der Waals surface area contributed by atoms with E-state index >= 15 is 0 Å². The maximum atomic E-state index is 13.3. The Morgan fingerprint density at radius 2 is 2.36 bits per heavy atom. The number of halogens is 2. The summed E-state index contributed by atoms with van der Waals surface area (Å²) >= 11 is 5.66. The van der Waals surface area contributed by atoms with Crippen LogP contribution < -0.4 is 0 Å². The standard InChI is InChI=1S/C7H3BrFN3S2/c8-4-1-5(9)6(10-2-4)14-7-12-11-3-13-7/h1-3H. The molecule has 0 fully saturated rings. The monoisotopic (exact) mass is 291 g/mol. The summed E-state index contributed by atoms with van der Waals surface area (Å²) in [6.45, 7) is 0. The van der Waals surface area contributed by atoms with Crippen LogP contribution in [0.4, 0.5) is 4.39 Å². The lowest BCUT2D eigenvalue weighted by Crippen LogP contribution is -1.86. The first-order valence-electron chi connectivity index (χ1n) is 3.51. The minimum Gasteiger partial charge on any atom is -0.245 e. The summed E-state index contributed by atoms with van der Waals surface area (Å²) in [7, 11) is 0. The normalized spacial score (nSPS) is 10.4. The highest BCUT2D eigenvalue weighted by molar-refractivity contribution is 9.10. The van der Waals surface area contributed by atoms with E-state index in [1.54, 1.807) is 11.7 Å². The van der Waals surface area contributed by atoms with Gasteiger partial charge in [-0.2, -0.15) is 0 Å². The minimum absolute atomic E-state index is 0.310. The molecule has 0 radical (unpaired) electrons. The molecule has 72 valence electrons. The molecule has 7 heteroatoms. The third-order valence-corrected chi connectivity index (χ3v) is 3.50. The first-order chi connectivity index (χ1) is 6.75. The van der Waals surface area contributed by atoms with Crippen LogP contribution in [0.1, 0.15) is 0 Å². The van der Waals surface area contributed by atoms with Crippen LogP contribution in [0.5, 0.6) is 0 Å². The summed E-state index contributed by atoms with van der Waals surface area (Å²) in [5.41, 5.74) is 1.60. The van der Waals surface area contributed by atoms with Gasteiger partial charge < -0.3 is 0 Å². The topological polar surface area (TPSA) is 38.7 Å². The van der Waals surface area contributed by atoms with Crippen molar-refractivity contribution in [3.8, 4) is 0 Å². The van der Waals surface area contributed by atoms with Gasteiger partial charge >= 0.3 is 0 Å². The number of hydrogen-bond donors (Lipinski definition) is 0. The molecule has 2 rings (SSSR count). The third-order valence-electron chi connectivity index (χ3n) is 1.30. The molecule has 0 bridgehead atoms. The summed E-state index contributed by atoms with van der Waals surface area (Å²) in [5.74, 6) is -0.362. The van der Waals surface area contributed by atoms with Crippen molar-refractivity contribution in [1.82, 2.24) is 15.2 Å². The molecule has 0 aliphatic rings. The van der Waals surface area contributed by atoms with Crippen LogP contribution in [0.3, 0.4) is 0 Å². The molecule has 0 aromatic carbocycles. The Bertz CT molecular complexity index is 435. The second-order valence-electron chi connectivity index (χ2n) is 2.25. The van der Waals surface area contributed by atoms with Crippen LogP contribution in [-0.4, -0.2) is 15.2 Å². The SMILES string of the molecule is Fc1cc(Br)cnc1Sc1nncs1. The van der Waals surface area contributed by atoms with Crippen LogP contribution in [0.25, 0.3) is 0 Å². The fourth-order valence-electron chi connectivity index (χ4n) is 0.767. The van der Waals surface area contributed by atoms with Gasteiger partial charge in [0.15, 0.2) is 10.2 Å². The van der Waals surface area contributed by atoms with Gasteiger partial charge in [-0.05, 0) is 33.8 Å². The Morgan fingerprint density at radius 1 is 1.50 bits per heavy atom. The molecule has 2 heterocycles. The fourth-order valence-corrected chi connectivity index (χ4v) is 2.42. The lowest BCUT2D eigenvalue weighted by Gasteiger charge is -1.98. The highest BCUT2D eigenvalue weighted by Crippen LogP contribution is 2.29. The molecular formula is C7H3BrFN3S2. The molecule has 0 atom stereocenters. The van der Waals surface area contributed by atoms with Crippen LogP contribution in [-0.2, 0) is 0 Å². The molecule has 14 heavy (non-hydrogen) atoms. The van der Waals surface area contributed by atoms with Crippen molar-refractivity contribution in [3.05, 3.63) is 28.1 Å². The van der Waals surface area contributed by atoms with E-state index in [0.717, 1.165) is 0 Å². The lowest BCUT2D eigenvalue weighted by atomic mass is 10.5. The molecule has 0 N–H and O–H groups in total. The molecule has 0 saturated heterocycles. The Balaban J connectivity index is 2.25. The van der Waals surface area contributed by atoms with E-state index in [9.17, 15) is 4.39 Å². The molecule has 0 saturated carbocycles. The number of aromatic nitrogens is 3. The second kappa shape index (κ2) is 4.33. The van der Waals surface area contributed by atoms with Gasteiger partial charge in [-0.3, -0.25) is 0 Å². The predicted molar refractivity (Wildman–Crippen MR) is 55.9 cm³/mol. The zero-order chi connectivity index (χ0) is 9.97. The lowest BCUT2D eigenvalue weighted by molar-refractivity contribution is 0.586. The first-order valence-corrected chi connectivity index (χ1v) is 5.99. The van der Waals surface area contributed by atoms with Crippen molar-refractivity contribution < 1.29 is 4.39 Å². The van der Waals surface area contributed by atoms with Crippen molar-refractivity contribution in [1.29, 1.82) is 0 Å². The highest BCUT2D eigenvalue weighted by atomic mass is 79.9. The van der Waals surface area contributed by atoms with Crippen LogP contribution in [0, 0.1) is 5.82 Å². The molecule has 0 unspecified atom stereocenters. The van der Waals surface area contributed by atoms with Crippen LogP contribution in [0.15, 0.2) is 31.6 Å². The van der Waals surface area contributed by atoms with Crippen molar-refractivity contribution >= 4 is 39.0 Å². The quantitative estimate of drug-likeness (QED) is 0.853. The number of rotatable bonds is 2. The molecular weight excluding hydrogens is 289 g/mol. The van der Waals surface area contributed by atoms with Gasteiger partial charge in [0.05, 0.1) is 0 Å². The van der Waals surface area contributed by atoms with Gasteiger partial charge in [0.2, 0.25) is 0 Å². The predicted octanol–water partition coefficient (Wildman–Crippen LogP) is 2.99. The number of hydrogen-bond acceptors (Lipinski definition) is 5. The molecule has 3 nitrogen and oxygen atoms in total. The van der Waals surface area contributed by atoms with Gasteiger partial charge in [-0.25, -0.2) is 9.37 Å². The van der Waals surface area contributed by atoms with E-state index < -0.39 is 0 Å². The average molecular weight is 292 g/mol. The van der Waals surface area contributed by atoms with E-state index in [0.29, 0.717) is 13.8 Å². The second-order valence-corrected chi connectivity index (χ2v) is 5.23. The Morgan fingerprint density at radius 3 is 3.00 bits per heavy atom. The van der Waals surface area contributed by atoms with Crippen molar-refractivity contribution in [2.75, 3.05) is 0 Å². The summed E-state index contributed by atoms with van der Waals surface area (Å²) in [6, 6.07) is 1.37. The van der Waals surface area contributed by atoms with Gasteiger partial charge in [0.1, 0.15) is 10.5 Å². The van der Waals surface area contributed by atoms with Crippen LogP contribution >= 0.6 is 39.0 Å². The Kier molecular flexibility index (Phi) is 3.09. The van der Waals surface area contributed by atoms with Crippen molar-refractivity contribution in [2.45, 2.75) is 9.37 Å². The van der Waals surface area contributed by atoms with E-state index in [4.69, 9.17) is 0 Å². The molecule has 0 spiro atoms. The molecule has 0 aliphatic heterocycles. The van der Waals surface area contributed by atoms with E-state index in [1.807, 2.05) is 0 Å². The number of nitrogens with zero attached hydrogens (tertiary/aromatic N) is 3. The van der Waals surface area contributed by atoms with E-state index in [-0.39, 0.29) is 5.82 Å². The van der Waals surface area contributed by atoms with Gasteiger partial charge in [0.25, 0.3) is 0 Å². The molecule has 2 aromatic heterocycles. The van der Waals surface area contributed by atoms with Gasteiger partial charge in [0, 0.05) is 10.7 Å². The maximum absolute atomic E-state index is 13.3. The molecule has 2 aromatic rings. The molecule has 0 aliphatic carbocycles. The summed E-state index contributed by atoms with van der Waals surface area (Å²) in [6.07, 6.45) is 1.55. The van der Waals surface area contributed by atoms with Crippen molar-refractivity contribution in [3.63, 3.8) is 0 Å². The average Bonchev–Trinajstić information content (AvgIpc) is 2.62. The van der Waals surface area contributed by atoms with Gasteiger partial charge in [-0.15, -0.1) is 10.2 Å². The smallest absolute Gasteiger partial charge is 0.180 e. The maximum Gasteiger partial charge on any atom is 0.180 e. The highest BCUT2D eigenvalue weighted by Gasteiger charge is 2.08. The van der Waals surface area contributed by atoms with E-state index in [2.05, 4.69) is 31.1 Å². The third kappa shape index (κ3) is 2.28. The zero-order valence-corrected chi connectivity index (χ0v) is 9.87. The Hall–Kier alpha value is -0.530. The van der Waals surface area contributed by atoms with Gasteiger partial charge in [-0.1, -0.05) is 11.3 Å². The Labute approximate surface area is 95.9 Å².